The summed E-state index contributed by atoms with van der Waals surface area (Å²) < 4.78 is 0. The van der Waals surface area contributed by atoms with Crippen LogP contribution in [0.5, 0.6) is 0 Å². The van der Waals surface area contributed by atoms with Crippen LogP contribution in [0, 0.1) is 0 Å². The molecule has 0 aromatic carbocycles. The minimum atomic E-state index is 0.757. The van der Waals surface area contributed by atoms with Crippen LogP contribution in [0.4, 0.5) is 5.82 Å². The topological polar surface area (TPSA) is 28.2 Å². The van der Waals surface area contributed by atoms with E-state index < -0.39 is 0 Å². The SMILES string of the molecule is CCCNc1ncccc1CN(C)C1CCCCC1. The summed E-state index contributed by atoms with van der Waals surface area (Å²) in [5.41, 5.74) is 1.32. The maximum Gasteiger partial charge on any atom is 0.130 e. The average molecular weight is 261 g/mol. The maximum absolute atomic E-state index is 4.48. The molecule has 0 atom stereocenters. The molecule has 106 valence electrons. The van der Waals surface area contributed by atoms with Crippen LogP contribution in [0.15, 0.2) is 18.3 Å². The Morgan fingerprint density at radius 3 is 2.84 bits per heavy atom. The Bertz CT molecular complexity index is 372. The Morgan fingerprint density at radius 2 is 2.11 bits per heavy atom. The van der Waals surface area contributed by atoms with Crippen molar-refractivity contribution in [3.63, 3.8) is 0 Å². The first-order valence-electron chi connectivity index (χ1n) is 7.69. The van der Waals surface area contributed by atoms with Crippen LogP contribution in [0.1, 0.15) is 51.0 Å². The second kappa shape index (κ2) is 7.49. The summed E-state index contributed by atoms with van der Waals surface area (Å²) >= 11 is 0. The van der Waals surface area contributed by atoms with E-state index in [1.807, 2.05) is 12.3 Å². The van der Waals surface area contributed by atoms with E-state index in [2.05, 4.69) is 35.2 Å². The van der Waals surface area contributed by atoms with Gasteiger partial charge in [-0.2, -0.15) is 0 Å². The molecule has 0 amide bonds. The first-order chi connectivity index (χ1) is 9.31. The van der Waals surface area contributed by atoms with Crippen LogP contribution in [-0.2, 0) is 6.54 Å². The number of nitrogens with one attached hydrogen (secondary N) is 1. The third-order valence-corrected chi connectivity index (χ3v) is 4.05. The highest BCUT2D eigenvalue weighted by Crippen LogP contribution is 2.24. The predicted octanol–water partition coefficient (Wildman–Crippen LogP) is 3.67. The molecular weight excluding hydrogens is 234 g/mol. The molecular formula is C16H27N3. The van der Waals surface area contributed by atoms with Crippen LogP contribution in [0.25, 0.3) is 0 Å². The van der Waals surface area contributed by atoms with Crippen molar-refractivity contribution in [1.29, 1.82) is 0 Å². The quantitative estimate of drug-likeness (QED) is 0.847. The zero-order valence-electron chi connectivity index (χ0n) is 12.4. The lowest BCUT2D eigenvalue weighted by molar-refractivity contribution is 0.184. The van der Waals surface area contributed by atoms with Gasteiger partial charge in [0.05, 0.1) is 0 Å². The summed E-state index contributed by atoms with van der Waals surface area (Å²) in [6.45, 7) is 4.19. The van der Waals surface area contributed by atoms with E-state index >= 15 is 0 Å². The standard InChI is InChI=1S/C16H27N3/c1-3-11-17-16-14(8-7-12-18-16)13-19(2)15-9-5-4-6-10-15/h7-8,12,15H,3-6,9-11,13H2,1-2H3,(H,17,18). The molecule has 0 spiro atoms. The summed E-state index contributed by atoms with van der Waals surface area (Å²) in [5, 5.41) is 3.43. The van der Waals surface area contributed by atoms with Crippen molar-refractivity contribution in [3.05, 3.63) is 23.9 Å². The molecule has 1 saturated carbocycles. The molecule has 0 bridgehead atoms. The minimum absolute atomic E-state index is 0.757. The van der Waals surface area contributed by atoms with Gasteiger partial charge in [-0.25, -0.2) is 4.98 Å². The minimum Gasteiger partial charge on any atom is -0.370 e. The van der Waals surface area contributed by atoms with Gasteiger partial charge in [0.2, 0.25) is 0 Å². The Labute approximate surface area is 117 Å². The highest BCUT2D eigenvalue weighted by molar-refractivity contribution is 5.43. The third kappa shape index (κ3) is 4.20. The normalized spacial score (nSPS) is 16.8. The van der Waals surface area contributed by atoms with Crippen LogP contribution in [0.3, 0.4) is 0 Å². The molecule has 1 aliphatic carbocycles. The molecule has 1 fully saturated rings. The van der Waals surface area contributed by atoms with E-state index in [9.17, 15) is 0 Å². The fraction of sp³-hybridized carbons (Fsp3) is 0.688. The second-order valence-electron chi connectivity index (χ2n) is 5.64. The van der Waals surface area contributed by atoms with Crippen molar-refractivity contribution in [2.45, 2.75) is 58.0 Å². The first kappa shape index (κ1) is 14.3. The number of hydrogen-bond donors (Lipinski definition) is 1. The van der Waals surface area contributed by atoms with E-state index in [1.54, 1.807) is 0 Å². The van der Waals surface area contributed by atoms with Crippen LogP contribution in [-0.4, -0.2) is 29.5 Å². The molecule has 1 heterocycles. The van der Waals surface area contributed by atoms with E-state index in [4.69, 9.17) is 0 Å². The summed E-state index contributed by atoms with van der Waals surface area (Å²) in [6.07, 6.45) is 9.92. The number of anilines is 1. The lowest BCUT2D eigenvalue weighted by atomic mass is 9.94. The van der Waals surface area contributed by atoms with Crippen molar-refractivity contribution in [2.24, 2.45) is 0 Å². The highest BCUT2D eigenvalue weighted by atomic mass is 15.1. The van der Waals surface area contributed by atoms with Crippen LogP contribution in [0.2, 0.25) is 0 Å². The van der Waals surface area contributed by atoms with E-state index in [0.717, 1.165) is 31.4 Å². The molecule has 3 nitrogen and oxygen atoms in total. The van der Waals surface area contributed by atoms with Crippen molar-refractivity contribution in [1.82, 2.24) is 9.88 Å². The molecule has 0 saturated heterocycles. The lowest BCUT2D eigenvalue weighted by Gasteiger charge is -2.31. The Morgan fingerprint density at radius 1 is 1.32 bits per heavy atom. The number of hydrogen-bond acceptors (Lipinski definition) is 3. The van der Waals surface area contributed by atoms with Crippen LogP contribution < -0.4 is 5.32 Å². The molecule has 1 aliphatic rings. The smallest absolute Gasteiger partial charge is 0.130 e. The van der Waals surface area contributed by atoms with Crippen molar-refractivity contribution in [3.8, 4) is 0 Å². The molecule has 0 radical (unpaired) electrons. The van der Waals surface area contributed by atoms with Gasteiger partial charge in [0, 0.05) is 30.9 Å². The number of pyridine rings is 1. The molecule has 1 aromatic heterocycles. The summed E-state index contributed by atoms with van der Waals surface area (Å²) in [7, 11) is 2.26. The van der Waals surface area contributed by atoms with Gasteiger partial charge in [0.1, 0.15) is 5.82 Å². The summed E-state index contributed by atoms with van der Waals surface area (Å²) in [5.74, 6) is 1.06. The highest BCUT2D eigenvalue weighted by Gasteiger charge is 2.18. The van der Waals surface area contributed by atoms with Gasteiger partial charge in [-0.3, -0.25) is 4.90 Å². The van der Waals surface area contributed by atoms with E-state index in [-0.39, 0.29) is 0 Å². The molecule has 1 aromatic rings. The summed E-state index contributed by atoms with van der Waals surface area (Å²) in [6, 6.07) is 5.00. The number of rotatable bonds is 6. The van der Waals surface area contributed by atoms with Crippen molar-refractivity contribution >= 4 is 5.82 Å². The predicted molar refractivity (Wildman–Crippen MR) is 81.4 cm³/mol. The van der Waals surface area contributed by atoms with Gasteiger partial charge in [0.15, 0.2) is 0 Å². The average Bonchev–Trinajstić information content (AvgIpc) is 2.47. The zero-order chi connectivity index (χ0) is 13.5. The number of aromatic nitrogens is 1. The third-order valence-electron chi connectivity index (χ3n) is 4.05. The summed E-state index contributed by atoms with van der Waals surface area (Å²) in [4.78, 5) is 6.98. The largest absolute Gasteiger partial charge is 0.370 e. The molecule has 0 aliphatic heterocycles. The van der Waals surface area contributed by atoms with Gasteiger partial charge in [0.25, 0.3) is 0 Å². The Hall–Kier alpha value is -1.09. The zero-order valence-corrected chi connectivity index (χ0v) is 12.4. The number of nitrogens with zero attached hydrogens (tertiary/aromatic N) is 2. The van der Waals surface area contributed by atoms with Crippen molar-refractivity contribution in [2.75, 3.05) is 18.9 Å². The van der Waals surface area contributed by atoms with E-state index in [1.165, 1.54) is 37.7 Å². The van der Waals surface area contributed by atoms with Crippen LogP contribution >= 0.6 is 0 Å². The Kier molecular flexibility index (Phi) is 5.64. The van der Waals surface area contributed by atoms with E-state index in [0.29, 0.717) is 0 Å². The van der Waals surface area contributed by atoms with Gasteiger partial charge < -0.3 is 5.32 Å². The Balaban J connectivity index is 1.96. The van der Waals surface area contributed by atoms with Gasteiger partial charge in [-0.15, -0.1) is 0 Å². The second-order valence-corrected chi connectivity index (χ2v) is 5.64. The first-order valence-corrected chi connectivity index (χ1v) is 7.69. The fourth-order valence-corrected chi connectivity index (χ4v) is 2.89. The maximum atomic E-state index is 4.48. The van der Waals surface area contributed by atoms with Gasteiger partial charge >= 0.3 is 0 Å². The molecule has 1 N–H and O–H groups in total. The molecule has 0 unspecified atom stereocenters. The lowest BCUT2D eigenvalue weighted by Crippen LogP contribution is -2.33. The monoisotopic (exact) mass is 261 g/mol. The fourth-order valence-electron chi connectivity index (χ4n) is 2.89. The van der Waals surface area contributed by atoms with Gasteiger partial charge in [-0.05, 0) is 32.4 Å². The molecule has 19 heavy (non-hydrogen) atoms. The van der Waals surface area contributed by atoms with Gasteiger partial charge in [-0.1, -0.05) is 32.3 Å². The molecule has 3 heteroatoms. The van der Waals surface area contributed by atoms with Crippen molar-refractivity contribution < 1.29 is 0 Å². The molecule has 2 rings (SSSR count).